The summed E-state index contributed by atoms with van der Waals surface area (Å²) in [6.45, 7) is 5.25. The molecular formula is C19H39N3O. The Morgan fingerprint density at radius 2 is 1.13 bits per heavy atom. The van der Waals surface area contributed by atoms with Gasteiger partial charge in [0.25, 0.3) is 0 Å². The largest absolute Gasteiger partial charge is 0.346 e. The Labute approximate surface area is 143 Å². The van der Waals surface area contributed by atoms with Gasteiger partial charge in [0, 0.05) is 20.0 Å². The number of hydrogen-bond donors (Lipinski definition) is 2. The molecule has 0 aromatic carbocycles. The minimum atomic E-state index is 0.320. The molecule has 0 radical (unpaired) electrons. The second-order valence-corrected chi connectivity index (χ2v) is 6.95. The maximum Gasteiger partial charge on any atom is 0.222 e. The topological polar surface area (TPSA) is 44.4 Å². The lowest BCUT2D eigenvalue weighted by Gasteiger charge is -2.17. The van der Waals surface area contributed by atoms with Crippen molar-refractivity contribution in [2.45, 2.75) is 77.0 Å². The first-order chi connectivity index (χ1) is 11.3. The molecule has 0 bridgehead atoms. The maximum atomic E-state index is 12.0. The third-order valence-electron chi connectivity index (χ3n) is 4.72. The van der Waals surface area contributed by atoms with Crippen LogP contribution in [0.25, 0.3) is 0 Å². The van der Waals surface area contributed by atoms with Crippen LogP contribution >= 0.6 is 0 Å². The first-order valence-corrected chi connectivity index (χ1v) is 9.96. The SMILES string of the molecule is CN1CCCNCCCNCCCCCCCCCCCC1=O. The molecule has 1 aliphatic rings. The molecule has 0 atom stereocenters. The Balaban J connectivity index is 2.18. The number of carbonyl (C=O) groups excluding carboxylic acids is 1. The molecule has 0 aliphatic carbocycles. The second-order valence-electron chi connectivity index (χ2n) is 6.95. The van der Waals surface area contributed by atoms with E-state index in [9.17, 15) is 4.79 Å². The number of rotatable bonds is 0. The molecule has 1 aliphatic heterocycles. The average molecular weight is 326 g/mol. The maximum absolute atomic E-state index is 12.0. The summed E-state index contributed by atoms with van der Waals surface area (Å²) in [6, 6.07) is 0. The van der Waals surface area contributed by atoms with Crippen LogP contribution in [0.4, 0.5) is 0 Å². The fourth-order valence-corrected chi connectivity index (χ4v) is 3.11. The van der Waals surface area contributed by atoms with Crippen LogP contribution in [0.5, 0.6) is 0 Å². The van der Waals surface area contributed by atoms with Crippen molar-refractivity contribution < 1.29 is 4.79 Å². The van der Waals surface area contributed by atoms with Crippen molar-refractivity contribution in [2.24, 2.45) is 0 Å². The summed E-state index contributed by atoms with van der Waals surface area (Å²) < 4.78 is 0. The molecule has 1 rings (SSSR count). The van der Waals surface area contributed by atoms with Gasteiger partial charge in [0.2, 0.25) is 5.91 Å². The molecular weight excluding hydrogens is 286 g/mol. The molecule has 23 heavy (non-hydrogen) atoms. The van der Waals surface area contributed by atoms with Crippen molar-refractivity contribution >= 4 is 5.91 Å². The zero-order chi connectivity index (χ0) is 16.6. The monoisotopic (exact) mass is 325 g/mol. The molecule has 136 valence electrons. The summed E-state index contributed by atoms with van der Waals surface area (Å²) in [5.74, 6) is 0.320. The van der Waals surface area contributed by atoms with E-state index in [-0.39, 0.29) is 0 Å². The van der Waals surface area contributed by atoms with Gasteiger partial charge in [-0.05, 0) is 51.9 Å². The highest BCUT2D eigenvalue weighted by molar-refractivity contribution is 5.75. The lowest BCUT2D eigenvalue weighted by atomic mass is 10.1. The van der Waals surface area contributed by atoms with E-state index in [1.165, 1.54) is 64.3 Å². The summed E-state index contributed by atoms with van der Waals surface area (Å²) >= 11 is 0. The van der Waals surface area contributed by atoms with Gasteiger partial charge in [-0.1, -0.05) is 44.9 Å². The minimum absolute atomic E-state index is 0.320. The van der Waals surface area contributed by atoms with Crippen LogP contribution in [0.15, 0.2) is 0 Å². The molecule has 2 N–H and O–H groups in total. The Kier molecular flexibility index (Phi) is 13.3. The number of hydrogen-bond acceptors (Lipinski definition) is 3. The van der Waals surface area contributed by atoms with Gasteiger partial charge >= 0.3 is 0 Å². The van der Waals surface area contributed by atoms with Crippen LogP contribution in [0.1, 0.15) is 77.0 Å². The molecule has 4 nitrogen and oxygen atoms in total. The summed E-state index contributed by atoms with van der Waals surface area (Å²) in [4.78, 5) is 13.9. The van der Waals surface area contributed by atoms with Gasteiger partial charge in [0.15, 0.2) is 0 Å². The van der Waals surface area contributed by atoms with Gasteiger partial charge in [-0.25, -0.2) is 0 Å². The van der Waals surface area contributed by atoms with Crippen LogP contribution in [0, 0.1) is 0 Å². The van der Waals surface area contributed by atoms with E-state index >= 15 is 0 Å². The lowest BCUT2D eigenvalue weighted by molar-refractivity contribution is -0.130. The van der Waals surface area contributed by atoms with Gasteiger partial charge in [0.05, 0.1) is 0 Å². The Morgan fingerprint density at radius 3 is 1.78 bits per heavy atom. The third-order valence-corrected chi connectivity index (χ3v) is 4.72. The molecule has 0 unspecified atom stereocenters. The van der Waals surface area contributed by atoms with Crippen molar-refractivity contribution in [2.75, 3.05) is 39.8 Å². The third kappa shape index (κ3) is 12.5. The van der Waals surface area contributed by atoms with E-state index in [2.05, 4.69) is 10.6 Å². The number of amides is 1. The molecule has 0 aromatic heterocycles. The Bertz CT molecular complexity index is 284. The molecule has 4 heteroatoms. The number of carbonyl (C=O) groups is 1. The van der Waals surface area contributed by atoms with Gasteiger partial charge < -0.3 is 15.5 Å². The molecule has 1 saturated heterocycles. The molecule has 0 saturated carbocycles. The van der Waals surface area contributed by atoms with Crippen LogP contribution in [0.2, 0.25) is 0 Å². The molecule has 1 fully saturated rings. The van der Waals surface area contributed by atoms with Crippen molar-refractivity contribution in [1.29, 1.82) is 0 Å². The predicted octanol–water partition coefficient (Wildman–Crippen LogP) is 3.32. The van der Waals surface area contributed by atoms with Crippen molar-refractivity contribution in [3.8, 4) is 0 Å². The van der Waals surface area contributed by atoms with E-state index in [1.807, 2.05) is 11.9 Å². The highest BCUT2D eigenvalue weighted by Gasteiger charge is 2.07. The Hall–Kier alpha value is -0.610. The van der Waals surface area contributed by atoms with E-state index in [4.69, 9.17) is 0 Å². The first kappa shape index (κ1) is 20.4. The number of nitrogens with zero attached hydrogens (tertiary/aromatic N) is 1. The van der Waals surface area contributed by atoms with Crippen molar-refractivity contribution in [3.05, 3.63) is 0 Å². The van der Waals surface area contributed by atoms with Gasteiger partial charge in [-0.15, -0.1) is 0 Å². The first-order valence-electron chi connectivity index (χ1n) is 9.96. The van der Waals surface area contributed by atoms with E-state index < -0.39 is 0 Å². The molecule has 0 spiro atoms. The summed E-state index contributed by atoms with van der Waals surface area (Å²) in [6.07, 6.45) is 14.7. The smallest absolute Gasteiger partial charge is 0.222 e. The van der Waals surface area contributed by atoms with Crippen LogP contribution in [0.3, 0.4) is 0 Å². The average Bonchev–Trinajstić information content (AvgIpc) is 2.55. The van der Waals surface area contributed by atoms with Gasteiger partial charge in [-0.3, -0.25) is 4.79 Å². The number of nitrogens with one attached hydrogen (secondary N) is 2. The van der Waals surface area contributed by atoms with Gasteiger partial charge in [-0.2, -0.15) is 0 Å². The molecule has 1 amide bonds. The van der Waals surface area contributed by atoms with E-state index in [1.54, 1.807) is 0 Å². The quantitative estimate of drug-likeness (QED) is 0.718. The fourth-order valence-electron chi connectivity index (χ4n) is 3.11. The van der Waals surface area contributed by atoms with Crippen LogP contribution in [-0.2, 0) is 4.79 Å². The Morgan fingerprint density at radius 1 is 0.652 bits per heavy atom. The molecule has 1 heterocycles. The normalized spacial score (nSPS) is 23.2. The highest BCUT2D eigenvalue weighted by atomic mass is 16.2. The second kappa shape index (κ2) is 14.9. The zero-order valence-electron chi connectivity index (χ0n) is 15.4. The summed E-state index contributed by atoms with van der Waals surface area (Å²) in [7, 11) is 1.95. The van der Waals surface area contributed by atoms with E-state index in [0.29, 0.717) is 5.91 Å². The highest BCUT2D eigenvalue weighted by Crippen LogP contribution is 2.11. The zero-order valence-corrected chi connectivity index (χ0v) is 15.4. The van der Waals surface area contributed by atoms with E-state index in [0.717, 1.165) is 45.4 Å². The fraction of sp³-hybridized carbons (Fsp3) is 0.947. The minimum Gasteiger partial charge on any atom is -0.346 e. The van der Waals surface area contributed by atoms with Crippen molar-refractivity contribution in [3.63, 3.8) is 0 Å². The molecule has 0 aromatic rings. The lowest BCUT2D eigenvalue weighted by Crippen LogP contribution is -2.30. The van der Waals surface area contributed by atoms with Crippen molar-refractivity contribution in [1.82, 2.24) is 15.5 Å². The van der Waals surface area contributed by atoms with Crippen LogP contribution < -0.4 is 10.6 Å². The summed E-state index contributed by atoms with van der Waals surface area (Å²) in [5.41, 5.74) is 0. The predicted molar refractivity (Wildman–Crippen MR) is 98.8 cm³/mol. The van der Waals surface area contributed by atoms with Gasteiger partial charge in [0.1, 0.15) is 0 Å². The van der Waals surface area contributed by atoms with Crippen LogP contribution in [-0.4, -0.2) is 50.6 Å². The summed E-state index contributed by atoms with van der Waals surface area (Å²) in [5, 5.41) is 7.01. The standard InChI is InChI=1S/C19H39N3O/c1-22-18-12-17-21-16-11-15-20-14-10-8-6-4-2-3-5-7-9-13-19(22)23/h20-21H,2-18H2,1H3.